The van der Waals surface area contributed by atoms with Gasteiger partial charge in [0.05, 0.1) is 25.4 Å². The zero-order valence-electron chi connectivity index (χ0n) is 21.5. The van der Waals surface area contributed by atoms with Crippen molar-refractivity contribution in [3.05, 3.63) is 52.2 Å². The van der Waals surface area contributed by atoms with Gasteiger partial charge in [-0.3, -0.25) is 14.5 Å². The summed E-state index contributed by atoms with van der Waals surface area (Å²) in [5.41, 5.74) is 12.5. The van der Waals surface area contributed by atoms with Crippen LogP contribution in [0.5, 0.6) is 5.88 Å². The number of carbonyl (C=O) groups excluding carboxylic acids is 2. The molecule has 0 spiro atoms. The van der Waals surface area contributed by atoms with Gasteiger partial charge in [-0.15, -0.1) is 0 Å². The van der Waals surface area contributed by atoms with Gasteiger partial charge in [0, 0.05) is 40.9 Å². The maximum Gasteiger partial charge on any atom is 0.270 e. The molecule has 2 saturated carbocycles. The molecule has 200 valence electrons. The molecule has 0 bridgehead atoms. The quantitative estimate of drug-likeness (QED) is 0.275. The Morgan fingerprint density at radius 2 is 2.00 bits per heavy atom. The monoisotopic (exact) mass is 573 g/mol. The van der Waals surface area contributed by atoms with E-state index in [0.29, 0.717) is 41.6 Å². The number of aromatic nitrogens is 3. The van der Waals surface area contributed by atoms with Crippen LogP contribution in [0.4, 0.5) is 0 Å². The second kappa shape index (κ2) is 13.4. The third kappa shape index (κ3) is 8.14. The number of pyridine rings is 1. The maximum absolute atomic E-state index is 12.5. The smallest absolute Gasteiger partial charge is 0.270 e. The summed E-state index contributed by atoms with van der Waals surface area (Å²) in [6.07, 6.45) is 11.8. The molecular formula is C26H36BrN7O3. The van der Waals surface area contributed by atoms with Crippen molar-refractivity contribution in [2.45, 2.75) is 58.2 Å². The van der Waals surface area contributed by atoms with Gasteiger partial charge in [0.2, 0.25) is 5.88 Å². The lowest BCUT2D eigenvalue weighted by atomic mass is 9.90. The summed E-state index contributed by atoms with van der Waals surface area (Å²) < 4.78 is 7.68. The zero-order valence-corrected chi connectivity index (χ0v) is 23.1. The summed E-state index contributed by atoms with van der Waals surface area (Å²) in [6.45, 7) is 4.40. The summed E-state index contributed by atoms with van der Waals surface area (Å²) in [4.78, 5) is 32.2. The Morgan fingerprint density at radius 1 is 1.32 bits per heavy atom. The van der Waals surface area contributed by atoms with E-state index in [1.54, 1.807) is 30.3 Å². The van der Waals surface area contributed by atoms with Crippen molar-refractivity contribution in [3.8, 4) is 5.88 Å². The number of hydrogen-bond donors (Lipinski definition) is 3. The normalized spacial score (nSPS) is 16.4. The second-order valence-corrected chi connectivity index (χ2v) is 10.5. The number of nitrogens with one attached hydrogen (secondary N) is 1. The van der Waals surface area contributed by atoms with Crippen molar-refractivity contribution in [2.24, 2.45) is 34.2 Å². The number of hydrogen-bond acceptors (Lipinski definition) is 8. The van der Waals surface area contributed by atoms with Gasteiger partial charge >= 0.3 is 0 Å². The third-order valence-electron chi connectivity index (χ3n) is 6.36. The standard InChI is InChI=1S/C16H23N3O2.C10H13BrN4O/c1-10(2)19-14(7-8-17-19)16(21)18-13(9-20)15(11-3-4-11)12-5-6-12;1-16-10-7(2-8(11)5-15-10)4-14-6-9(13)3-12/h7-13,15H,3-6H2,1-2H3,(H,18,21);2-3,5-6H,4,12-13H2,1H3/b;9-3+,14-6?. The van der Waals surface area contributed by atoms with Crippen molar-refractivity contribution < 1.29 is 14.3 Å². The molecule has 2 aliphatic carbocycles. The van der Waals surface area contributed by atoms with Crippen LogP contribution in [0, 0.1) is 17.8 Å². The van der Waals surface area contributed by atoms with Gasteiger partial charge in [0.1, 0.15) is 12.0 Å². The van der Waals surface area contributed by atoms with E-state index in [1.165, 1.54) is 38.1 Å². The molecule has 5 N–H and O–H groups in total. The Labute approximate surface area is 226 Å². The summed E-state index contributed by atoms with van der Waals surface area (Å²) in [5.74, 6) is 1.95. The number of aldehydes is 1. The van der Waals surface area contributed by atoms with Crippen molar-refractivity contribution in [3.63, 3.8) is 0 Å². The lowest BCUT2D eigenvalue weighted by molar-refractivity contribution is -0.110. The topological polar surface area (TPSA) is 151 Å². The SMILES string of the molecule is CC(C)n1nccc1C(=O)NC(C=O)C(C1CC1)C1CC1.COc1ncc(Br)cc1CN=C/C(N)=C\N. The number of nitrogens with zero attached hydrogens (tertiary/aromatic N) is 4. The van der Waals surface area contributed by atoms with Gasteiger partial charge in [-0.25, -0.2) is 4.98 Å². The van der Waals surface area contributed by atoms with Crippen molar-refractivity contribution in [1.29, 1.82) is 0 Å². The van der Waals surface area contributed by atoms with Crippen LogP contribution in [-0.4, -0.2) is 46.3 Å². The highest BCUT2D eigenvalue weighted by Crippen LogP contribution is 2.50. The third-order valence-corrected chi connectivity index (χ3v) is 6.80. The molecule has 4 rings (SSSR count). The van der Waals surface area contributed by atoms with Gasteiger partial charge in [0.15, 0.2) is 0 Å². The molecule has 2 aromatic heterocycles. The van der Waals surface area contributed by atoms with Gasteiger partial charge in [0.25, 0.3) is 5.91 Å². The number of carbonyl (C=O) groups is 2. The first-order valence-electron chi connectivity index (χ1n) is 12.4. The van der Waals surface area contributed by atoms with Crippen molar-refractivity contribution in [2.75, 3.05) is 7.11 Å². The van der Waals surface area contributed by atoms with Crippen LogP contribution in [0.25, 0.3) is 0 Å². The minimum Gasteiger partial charge on any atom is -0.481 e. The molecule has 10 nitrogen and oxygen atoms in total. The van der Waals surface area contributed by atoms with E-state index in [4.69, 9.17) is 16.2 Å². The summed E-state index contributed by atoms with van der Waals surface area (Å²) >= 11 is 3.33. The van der Waals surface area contributed by atoms with E-state index >= 15 is 0 Å². The Hall–Kier alpha value is -3.21. The van der Waals surface area contributed by atoms with Crippen LogP contribution in [0.3, 0.4) is 0 Å². The van der Waals surface area contributed by atoms with E-state index in [1.807, 2.05) is 19.9 Å². The predicted octanol–water partition coefficient (Wildman–Crippen LogP) is 3.38. The number of halogens is 1. The van der Waals surface area contributed by atoms with E-state index in [-0.39, 0.29) is 18.0 Å². The van der Waals surface area contributed by atoms with Crippen molar-refractivity contribution in [1.82, 2.24) is 20.1 Å². The number of aliphatic imine (C=N–C) groups is 1. The van der Waals surface area contributed by atoms with Gasteiger partial charge < -0.3 is 26.3 Å². The van der Waals surface area contributed by atoms with Gasteiger partial charge in [-0.2, -0.15) is 5.10 Å². The Kier molecular flexibility index (Phi) is 10.2. The van der Waals surface area contributed by atoms with Crippen LogP contribution in [0.15, 0.2) is 45.9 Å². The fraction of sp³-hybridized carbons (Fsp3) is 0.500. The Morgan fingerprint density at radius 3 is 2.54 bits per heavy atom. The van der Waals surface area contributed by atoms with Crippen LogP contribution >= 0.6 is 15.9 Å². The molecule has 37 heavy (non-hydrogen) atoms. The highest BCUT2D eigenvalue weighted by Gasteiger charge is 2.46. The second-order valence-electron chi connectivity index (χ2n) is 9.60. The minimum absolute atomic E-state index is 0.123. The van der Waals surface area contributed by atoms with Gasteiger partial charge in [-0.05, 0) is 85.3 Å². The highest BCUT2D eigenvalue weighted by atomic mass is 79.9. The van der Waals surface area contributed by atoms with Crippen LogP contribution < -0.4 is 21.5 Å². The van der Waals surface area contributed by atoms with E-state index in [2.05, 4.69) is 36.3 Å². The van der Waals surface area contributed by atoms with Crippen molar-refractivity contribution >= 4 is 34.3 Å². The van der Waals surface area contributed by atoms with E-state index in [9.17, 15) is 9.59 Å². The van der Waals surface area contributed by atoms with E-state index in [0.717, 1.165) is 16.3 Å². The molecule has 2 aromatic rings. The first kappa shape index (κ1) is 28.4. The van der Waals surface area contributed by atoms with Gasteiger partial charge in [-0.1, -0.05) is 0 Å². The molecule has 0 aromatic carbocycles. The predicted molar refractivity (Wildman–Crippen MR) is 146 cm³/mol. The molecule has 2 aliphatic rings. The summed E-state index contributed by atoms with van der Waals surface area (Å²) in [5, 5.41) is 7.12. The lowest BCUT2D eigenvalue weighted by Gasteiger charge is -2.24. The van der Waals surface area contributed by atoms with Crippen LogP contribution in [0.1, 0.15) is 61.6 Å². The number of methoxy groups -OCH3 is 1. The number of nitrogens with two attached hydrogens (primary N) is 2. The lowest BCUT2D eigenvalue weighted by Crippen LogP contribution is -2.44. The molecule has 1 atom stereocenters. The first-order valence-corrected chi connectivity index (χ1v) is 13.2. The molecule has 0 saturated heterocycles. The molecule has 0 radical (unpaired) electrons. The molecular weight excluding hydrogens is 538 g/mol. The number of rotatable bonds is 11. The van der Waals surface area contributed by atoms with Crippen LogP contribution in [0.2, 0.25) is 0 Å². The summed E-state index contributed by atoms with van der Waals surface area (Å²) in [7, 11) is 1.57. The Bertz CT molecular complexity index is 1110. The molecule has 1 amide bonds. The largest absolute Gasteiger partial charge is 0.481 e. The molecule has 11 heteroatoms. The maximum atomic E-state index is 12.5. The zero-order chi connectivity index (χ0) is 26.9. The fourth-order valence-corrected chi connectivity index (χ4v) is 4.72. The molecule has 0 aliphatic heterocycles. The first-order chi connectivity index (χ1) is 17.8. The average molecular weight is 575 g/mol. The molecule has 1 unspecified atom stereocenters. The average Bonchev–Trinajstić information content (AvgIpc) is 3.83. The minimum atomic E-state index is -0.354. The molecule has 2 fully saturated rings. The van der Waals surface area contributed by atoms with E-state index < -0.39 is 0 Å². The summed E-state index contributed by atoms with van der Waals surface area (Å²) in [6, 6.07) is 3.37. The number of ether oxygens (including phenoxy) is 1. The fourth-order valence-electron chi connectivity index (χ4n) is 4.34. The number of amides is 1. The molecule has 2 heterocycles. The number of allylic oxidation sites excluding steroid dienone is 1. The highest BCUT2D eigenvalue weighted by molar-refractivity contribution is 9.10. The van der Waals surface area contributed by atoms with Crippen LogP contribution in [-0.2, 0) is 11.3 Å². The Balaban J connectivity index is 0.000000214.